The molecule has 2 atom stereocenters. The van der Waals surface area contributed by atoms with Crippen molar-refractivity contribution in [3.8, 4) is 0 Å². The number of hydrogen-bond donors (Lipinski definition) is 1. The van der Waals surface area contributed by atoms with Crippen molar-refractivity contribution < 1.29 is 13.5 Å². The summed E-state index contributed by atoms with van der Waals surface area (Å²) in [6.45, 7) is 1.51. The Balaban J connectivity index is 2.55. The van der Waals surface area contributed by atoms with Crippen molar-refractivity contribution in [2.24, 2.45) is 0 Å². The van der Waals surface area contributed by atoms with Crippen molar-refractivity contribution in [3.63, 3.8) is 0 Å². The van der Waals surface area contributed by atoms with Gasteiger partial charge in [0.25, 0.3) is 0 Å². The lowest BCUT2D eigenvalue weighted by Gasteiger charge is -2.19. The van der Waals surface area contributed by atoms with Gasteiger partial charge in [0.1, 0.15) is 0 Å². The smallest absolute Gasteiger partial charge is 0.152 e. The van der Waals surface area contributed by atoms with Crippen LogP contribution in [0.3, 0.4) is 0 Å². The minimum absolute atomic E-state index is 0.596. The van der Waals surface area contributed by atoms with Crippen LogP contribution in [-0.4, -0.2) is 30.0 Å². The highest BCUT2D eigenvalue weighted by atomic mass is 32.2. The van der Waals surface area contributed by atoms with E-state index in [1.807, 2.05) is 12.1 Å². The van der Waals surface area contributed by atoms with Gasteiger partial charge in [0.15, 0.2) is 9.84 Å². The molecule has 0 aliphatic rings. The fourth-order valence-corrected chi connectivity index (χ4v) is 2.50. The summed E-state index contributed by atoms with van der Waals surface area (Å²) in [7, 11) is -3.29. The SMILES string of the molecule is CC(C(O)c1cccc2ccncc12)S(C)(=O)=O. The number of sulfone groups is 1. The van der Waals surface area contributed by atoms with Gasteiger partial charge in [0.2, 0.25) is 0 Å². The molecule has 0 saturated carbocycles. The van der Waals surface area contributed by atoms with Gasteiger partial charge in [0.05, 0.1) is 11.4 Å². The first-order chi connectivity index (χ1) is 8.41. The second kappa shape index (κ2) is 4.66. The Hall–Kier alpha value is -1.46. The highest BCUT2D eigenvalue weighted by Gasteiger charge is 2.26. The number of rotatable bonds is 3. The van der Waals surface area contributed by atoms with Crippen molar-refractivity contribution in [3.05, 3.63) is 42.2 Å². The van der Waals surface area contributed by atoms with Gasteiger partial charge < -0.3 is 5.11 Å². The first-order valence-electron chi connectivity index (χ1n) is 5.61. The fraction of sp³-hybridized carbons (Fsp3) is 0.308. The normalized spacial score (nSPS) is 15.5. The lowest BCUT2D eigenvalue weighted by Crippen LogP contribution is -2.24. The van der Waals surface area contributed by atoms with E-state index in [4.69, 9.17) is 0 Å². The third-order valence-corrected chi connectivity index (χ3v) is 4.76. The number of benzene rings is 1. The Morgan fingerprint density at radius 3 is 2.67 bits per heavy atom. The largest absolute Gasteiger partial charge is 0.387 e. The zero-order valence-electron chi connectivity index (χ0n) is 10.2. The average Bonchev–Trinajstić information content (AvgIpc) is 2.35. The molecule has 2 unspecified atom stereocenters. The van der Waals surface area contributed by atoms with E-state index in [-0.39, 0.29) is 0 Å². The second-order valence-corrected chi connectivity index (χ2v) is 6.83. The summed E-state index contributed by atoms with van der Waals surface area (Å²) < 4.78 is 23.0. The van der Waals surface area contributed by atoms with E-state index in [1.54, 1.807) is 24.5 Å². The molecule has 0 bridgehead atoms. The van der Waals surface area contributed by atoms with Crippen LogP contribution in [0, 0.1) is 0 Å². The Labute approximate surface area is 106 Å². The van der Waals surface area contributed by atoms with Crippen LogP contribution in [0.15, 0.2) is 36.7 Å². The molecule has 2 rings (SSSR count). The molecule has 0 amide bonds. The Bertz CT molecular complexity index is 661. The topological polar surface area (TPSA) is 67.3 Å². The van der Waals surface area contributed by atoms with Crippen LogP contribution in [0.25, 0.3) is 10.8 Å². The molecule has 1 N–H and O–H groups in total. The van der Waals surface area contributed by atoms with Crippen LogP contribution >= 0.6 is 0 Å². The van der Waals surface area contributed by atoms with Gasteiger partial charge in [-0.25, -0.2) is 8.42 Å². The molecule has 0 aliphatic heterocycles. The van der Waals surface area contributed by atoms with E-state index in [2.05, 4.69) is 4.98 Å². The van der Waals surface area contributed by atoms with Gasteiger partial charge in [-0.2, -0.15) is 0 Å². The van der Waals surface area contributed by atoms with Gasteiger partial charge in [-0.05, 0) is 23.9 Å². The zero-order valence-corrected chi connectivity index (χ0v) is 11.1. The quantitative estimate of drug-likeness (QED) is 0.917. The Kier molecular flexibility index (Phi) is 3.36. The van der Waals surface area contributed by atoms with E-state index in [9.17, 15) is 13.5 Å². The van der Waals surface area contributed by atoms with Crippen LogP contribution in [0.1, 0.15) is 18.6 Å². The summed E-state index contributed by atoms with van der Waals surface area (Å²) in [5.41, 5.74) is 0.596. The summed E-state index contributed by atoms with van der Waals surface area (Å²) in [4.78, 5) is 4.02. The minimum atomic E-state index is -3.29. The number of aromatic nitrogens is 1. The monoisotopic (exact) mass is 265 g/mol. The second-order valence-electron chi connectivity index (χ2n) is 4.42. The number of fused-ring (bicyclic) bond motifs is 1. The van der Waals surface area contributed by atoms with E-state index in [1.165, 1.54) is 6.92 Å². The standard InChI is InChI=1S/C13H15NO3S/c1-9(18(2,16)17)13(15)11-5-3-4-10-6-7-14-8-12(10)11/h3-9,13,15H,1-2H3. The average molecular weight is 265 g/mol. The first-order valence-corrected chi connectivity index (χ1v) is 7.56. The molecule has 1 heterocycles. The van der Waals surface area contributed by atoms with Crippen LogP contribution in [-0.2, 0) is 9.84 Å². The molecule has 0 fully saturated rings. The van der Waals surface area contributed by atoms with Gasteiger partial charge in [-0.15, -0.1) is 0 Å². The molecule has 5 heteroatoms. The summed E-state index contributed by atoms with van der Waals surface area (Å²) in [5, 5.41) is 11.1. The van der Waals surface area contributed by atoms with Crippen LogP contribution in [0.2, 0.25) is 0 Å². The molecule has 0 spiro atoms. The maximum atomic E-state index is 11.5. The predicted molar refractivity (Wildman–Crippen MR) is 71.0 cm³/mol. The first kappa shape index (κ1) is 13.0. The maximum Gasteiger partial charge on any atom is 0.152 e. The van der Waals surface area contributed by atoms with Gasteiger partial charge in [-0.3, -0.25) is 4.98 Å². The number of hydrogen-bond acceptors (Lipinski definition) is 4. The summed E-state index contributed by atoms with van der Waals surface area (Å²) in [5.74, 6) is 0. The lowest BCUT2D eigenvalue weighted by atomic mass is 10.0. The van der Waals surface area contributed by atoms with E-state index in [0.717, 1.165) is 17.0 Å². The van der Waals surface area contributed by atoms with Crippen LogP contribution < -0.4 is 0 Å². The predicted octanol–water partition coefficient (Wildman–Crippen LogP) is 1.70. The van der Waals surface area contributed by atoms with Gasteiger partial charge >= 0.3 is 0 Å². The molecule has 0 aliphatic carbocycles. The molecule has 0 radical (unpaired) electrons. The highest BCUT2D eigenvalue weighted by molar-refractivity contribution is 7.91. The van der Waals surface area contributed by atoms with E-state index in [0.29, 0.717) is 5.56 Å². The van der Waals surface area contributed by atoms with E-state index < -0.39 is 21.2 Å². The van der Waals surface area contributed by atoms with E-state index >= 15 is 0 Å². The van der Waals surface area contributed by atoms with Crippen molar-refractivity contribution in [2.75, 3.05) is 6.26 Å². The molecule has 18 heavy (non-hydrogen) atoms. The van der Waals surface area contributed by atoms with Crippen LogP contribution in [0.4, 0.5) is 0 Å². The highest BCUT2D eigenvalue weighted by Crippen LogP contribution is 2.27. The van der Waals surface area contributed by atoms with Crippen LogP contribution in [0.5, 0.6) is 0 Å². The number of aliphatic hydroxyl groups excluding tert-OH is 1. The van der Waals surface area contributed by atoms with Crippen molar-refractivity contribution >= 4 is 20.6 Å². The van der Waals surface area contributed by atoms with Crippen molar-refractivity contribution in [1.29, 1.82) is 0 Å². The minimum Gasteiger partial charge on any atom is -0.387 e. The van der Waals surface area contributed by atoms with Crippen molar-refractivity contribution in [1.82, 2.24) is 4.98 Å². The molecule has 4 nitrogen and oxygen atoms in total. The molecular formula is C13H15NO3S. The third-order valence-electron chi connectivity index (χ3n) is 3.16. The molecule has 1 aromatic heterocycles. The fourth-order valence-electron chi connectivity index (χ4n) is 1.88. The summed E-state index contributed by atoms with van der Waals surface area (Å²) in [6.07, 6.45) is 3.39. The number of pyridine rings is 1. The molecule has 0 saturated heterocycles. The lowest BCUT2D eigenvalue weighted by molar-refractivity contribution is 0.177. The number of nitrogens with zero attached hydrogens (tertiary/aromatic N) is 1. The number of aliphatic hydroxyl groups is 1. The summed E-state index contributed by atoms with van der Waals surface area (Å²) >= 11 is 0. The van der Waals surface area contributed by atoms with Gasteiger partial charge in [-0.1, -0.05) is 18.2 Å². The molecular weight excluding hydrogens is 250 g/mol. The van der Waals surface area contributed by atoms with Gasteiger partial charge in [0, 0.05) is 24.0 Å². The molecule has 96 valence electrons. The third kappa shape index (κ3) is 2.37. The van der Waals surface area contributed by atoms with Crippen molar-refractivity contribution in [2.45, 2.75) is 18.3 Å². The Morgan fingerprint density at radius 1 is 1.28 bits per heavy atom. The molecule has 2 aromatic rings. The maximum absolute atomic E-state index is 11.5. The summed E-state index contributed by atoms with van der Waals surface area (Å²) in [6, 6.07) is 7.27. The molecule has 1 aromatic carbocycles. The Morgan fingerprint density at radius 2 is 2.00 bits per heavy atom. The zero-order chi connectivity index (χ0) is 13.3.